The SMILES string of the molecule is CNC(=S)NN=C(C)C(=NNC(=S)NC)c1ccc(NC)cc1. The third-order valence-electron chi connectivity index (χ3n) is 2.84. The monoisotopic (exact) mass is 351 g/mol. The summed E-state index contributed by atoms with van der Waals surface area (Å²) in [6.07, 6.45) is 0. The topological polar surface area (TPSA) is 84.9 Å². The zero-order valence-corrected chi connectivity index (χ0v) is 15.2. The average molecular weight is 352 g/mol. The second-order valence-corrected chi connectivity index (χ2v) is 5.18. The van der Waals surface area contributed by atoms with Crippen molar-refractivity contribution in [2.24, 2.45) is 10.2 Å². The molecule has 0 aromatic heterocycles. The van der Waals surface area contributed by atoms with Crippen LogP contribution >= 0.6 is 24.4 Å². The number of hydrogen-bond donors (Lipinski definition) is 5. The number of hydrogen-bond acceptors (Lipinski definition) is 5. The summed E-state index contributed by atoms with van der Waals surface area (Å²) in [5, 5.41) is 18.1. The maximum atomic E-state index is 5.05. The van der Waals surface area contributed by atoms with E-state index in [1.807, 2.05) is 38.2 Å². The first-order valence-corrected chi connectivity index (χ1v) is 7.69. The summed E-state index contributed by atoms with van der Waals surface area (Å²) in [5.41, 5.74) is 8.74. The third kappa shape index (κ3) is 6.17. The van der Waals surface area contributed by atoms with Gasteiger partial charge in [-0.3, -0.25) is 10.9 Å². The van der Waals surface area contributed by atoms with Crippen LogP contribution in [0.4, 0.5) is 5.69 Å². The molecular formula is C14H21N7S2. The fraction of sp³-hybridized carbons (Fsp3) is 0.286. The minimum atomic E-state index is 0.417. The van der Waals surface area contributed by atoms with Gasteiger partial charge in [0, 0.05) is 32.4 Å². The van der Waals surface area contributed by atoms with Crippen LogP contribution in [0.15, 0.2) is 34.5 Å². The lowest BCUT2D eigenvalue weighted by Gasteiger charge is -2.10. The number of benzene rings is 1. The number of nitrogens with zero attached hydrogens (tertiary/aromatic N) is 2. The summed E-state index contributed by atoms with van der Waals surface area (Å²) in [5.74, 6) is 0. The van der Waals surface area contributed by atoms with Gasteiger partial charge in [0.2, 0.25) is 0 Å². The lowest BCUT2D eigenvalue weighted by Crippen LogP contribution is -2.32. The Hall–Kier alpha value is -2.26. The minimum absolute atomic E-state index is 0.417. The number of nitrogens with one attached hydrogen (secondary N) is 5. The summed E-state index contributed by atoms with van der Waals surface area (Å²) in [6.45, 7) is 1.83. The Labute approximate surface area is 147 Å². The molecule has 0 aliphatic carbocycles. The second kappa shape index (κ2) is 9.70. The fourth-order valence-corrected chi connectivity index (χ4v) is 1.65. The molecule has 1 aromatic rings. The smallest absolute Gasteiger partial charge is 0.186 e. The van der Waals surface area contributed by atoms with Crippen molar-refractivity contribution in [1.29, 1.82) is 0 Å². The molecule has 0 fully saturated rings. The van der Waals surface area contributed by atoms with Gasteiger partial charge in [0.1, 0.15) is 5.71 Å². The molecule has 124 valence electrons. The van der Waals surface area contributed by atoms with E-state index in [1.165, 1.54) is 0 Å². The average Bonchev–Trinajstić information content (AvgIpc) is 2.59. The summed E-state index contributed by atoms with van der Waals surface area (Å²) in [4.78, 5) is 0. The van der Waals surface area contributed by atoms with Gasteiger partial charge in [0.05, 0.1) is 5.71 Å². The summed E-state index contributed by atoms with van der Waals surface area (Å²) in [6, 6.07) is 7.81. The summed E-state index contributed by atoms with van der Waals surface area (Å²) in [7, 11) is 5.31. The molecule has 1 aromatic carbocycles. The Morgan fingerprint density at radius 3 is 1.87 bits per heavy atom. The zero-order chi connectivity index (χ0) is 17.2. The second-order valence-electron chi connectivity index (χ2n) is 4.37. The normalized spacial score (nSPS) is 11.5. The number of anilines is 1. The largest absolute Gasteiger partial charge is 0.388 e. The minimum Gasteiger partial charge on any atom is -0.388 e. The maximum Gasteiger partial charge on any atom is 0.186 e. The molecule has 23 heavy (non-hydrogen) atoms. The Balaban J connectivity index is 3.09. The standard InChI is InChI=1S/C14H21N7S2/c1-9(18-20-13(22)16-3)12(19-21-14(23)17-4)10-5-7-11(15-2)8-6-10/h5-8,15H,1-4H3,(H2,16,20,22)(H2,17,21,23). The number of hydrazone groups is 2. The van der Waals surface area contributed by atoms with E-state index in [1.54, 1.807) is 14.1 Å². The first kappa shape index (κ1) is 18.8. The van der Waals surface area contributed by atoms with Crippen LogP contribution in [0.5, 0.6) is 0 Å². The van der Waals surface area contributed by atoms with E-state index in [-0.39, 0.29) is 0 Å². The quantitative estimate of drug-likeness (QED) is 0.307. The van der Waals surface area contributed by atoms with Gasteiger partial charge >= 0.3 is 0 Å². The van der Waals surface area contributed by atoms with Gasteiger partial charge in [-0.15, -0.1) is 0 Å². The zero-order valence-electron chi connectivity index (χ0n) is 13.5. The van der Waals surface area contributed by atoms with Gasteiger partial charge in [-0.2, -0.15) is 10.2 Å². The number of thiocarbonyl (C=S) groups is 2. The lowest BCUT2D eigenvalue weighted by atomic mass is 10.1. The molecule has 0 saturated carbocycles. The molecule has 0 aliphatic heterocycles. The third-order valence-corrected chi connectivity index (χ3v) is 3.43. The molecule has 5 N–H and O–H groups in total. The molecule has 0 saturated heterocycles. The van der Waals surface area contributed by atoms with Crippen molar-refractivity contribution < 1.29 is 0 Å². The van der Waals surface area contributed by atoms with Crippen LogP contribution in [0.3, 0.4) is 0 Å². The van der Waals surface area contributed by atoms with Crippen molar-refractivity contribution in [3.8, 4) is 0 Å². The highest BCUT2D eigenvalue weighted by Gasteiger charge is 2.09. The molecular weight excluding hydrogens is 330 g/mol. The molecule has 0 heterocycles. The van der Waals surface area contributed by atoms with Crippen molar-refractivity contribution in [2.75, 3.05) is 26.5 Å². The highest BCUT2D eigenvalue weighted by atomic mass is 32.1. The van der Waals surface area contributed by atoms with Crippen LogP contribution in [-0.4, -0.2) is 42.8 Å². The van der Waals surface area contributed by atoms with Crippen molar-refractivity contribution >= 4 is 51.8 Å². The van der Waals surface area contributed by atoms with Gasteiger partial charge in [0.25, 0.3) is 0 Å². The highest BCUT2D eigenvalue weighted by Crippen LogP contribution is 2.10. The van der Waals surface area contributed by atoms with Gasteiger partial charge < -0.3 is 16.0 Å². The Morgan fingerprint density at radius 2 is 1.39 bits per heavy atom. The van der Waals surface area contributed by atoms with Gasteiger partial charge in [0.15, 0.2) is 10.2 Å². The van der Waals surface area contributed by atoms with Crippen LogP contribution in [0.1, 0.15) is 12.5 Å². The predicted octanol–water partition coefficient (Wildman–Crippen LogP) is 0.996. The van der Waals surface area contributed by atoms with E-state index < -0.39 is 0 Å². The predicted molar refractivity (Wildman–Crippen MR) is 105 cm³/mol. The molecule has 0 radical (unpaired) electrons. The van der Waals surface area contributed by atoms with Crippen molar-refractivity contribution in [3.05, 3.63) is 29.8 Å². The van der Waals surface area contributed by atoms with Crippen LogP contribution in [0.2, 0.25) is 0 Å². The summed E-state index contributed by atoms with van der Waals surface area (Å²) < 4.78 is 0. The van der Waals surface area contributed by atoms with E-state index in [0.29, 0.717) is 21.6 Å². The van der Waals surface area contributed by atoms with Crippen LogP contribution in [0.25, 0.3) is 0 Å². The van der Waals surface area contributed by atoms with E-state index >= 15 is 0 Å². The van der Waals surface area contributed by atoms with Gasteiger partial charge in [-0.05, 0) is 43.5 Å². The van der Waals surface area contributed by atoms with Crippen LogP contribution < -0.4 is 26.8 Å². The molecule has 0 aliphatic rings. The lowest BCUT2D eigenvalue weighted by molar-refractivity contribution is 0.966. The first-order chi connectivity index (χ1) is 11.0. The number of rotatable bonds is 5. The maximum absolute atomic E-state index is 5.05. The van der Waals surface area contributed by atoms with Crippen molar-refractivity contribution in [2.45, 2.75) is 6.92 Å². The first-order valence-electron chi connectivity index (χ1n) is 6.87. The Bertz CT molecular complexity index is 608. The molecule has 0 unspecified atom stereocenters. The Kier molecular flexibility index (Phi) is 7.92. The van der Waals surface area contributed by atoms with Gasteiger partial charge in [-0.1, -0.05) is 12.1 Å². The van der Waals surface area contributed by atoms with E-state index in [2.05, 4.69) is 37.0 Å². The van der Waals surface area contributed by atoms with E-state index in [4.69, 9.17) is 24.4 Å². The molecule has 0 bridgehead atoms. The molecule has 1 rings (SSSR count). The van der Waals surface area contributed by atoms with Crippen molar-refractivity contribution in [3.63, 3.8) is 0 Å². The van der Waals surface area contributed by atoms with Crippen molar-refractivity contribution in [1.82, 2.24) is 21.5 Å². The van der Waals surface area contributed by atoms with E-state index in [9.17, 15) is 0 Å². The molecule has 0 amide bonds. The highest BCUT2D eigenvalue weighted by molar-refractivity contribution is 7.80. The fourth-order valence-electron chi connectivity index (χ4n) is 1.56. The van der Waals surface area contributed by atoms with E-state index in [0.717, 1.165) is 11.3 Å². The van der Waals surface area contributed by atoms with Crippen LogP contribution in [-0.2, 0) is 0 Å². The molecule has 0 spiro atoms. The molecule has 9 heteroatoms. The van der Waals surface area contributed by atoms with Gasteiger partial charge in [-0.25, -0.2) is 0 Å². The summed E-state index contributed by atoms with van der Waals surface area (Å²) >= 11 is 10.1. The van der Waals surface area contributed by atoms with Crippen LogP contribution in [0, 0.1) is 0 Å². The molecule has 7 nitrogen and oxygen atoms in total. The Morgan fingerprint density at radius 1 is 0.870 bits per heavy atom. The molecule has 0 atom stereocenters.